The first-order valence-corrected chi connectivity index (χ1v) is 6.90. The van der Waals surface area contributed by atoms with E-state index in [-0.39, 0.29) is 5.75 Å². The highest BCUT2D eigenvalue weighted by atomic mass is 19.4. The SMILES string of the molecule is Oc1cc(C(F)(F)F)ccc1-c1cnn(C2CCCC2)c1. The lowest BCUT2D eigenvalue weighted by Crippen LogP contribution is -2.04. The second-order valence-electron chi connectivity index (χ2n) is 5.38. The third kappa shape index (κ3) is 2.75. The molecule has 0 aliphatic heterocycles. The normalized spacial score (nSPS) is 16.5. The van der Waals surface area contributed by atoms with Crippen molar-refractivity contribution in [3.8, 4) is 16.9 Å². The minimum atomic E-state index is -4.45. The Labute approximate surface area is 120 Å². The number of halogens is 3. The number of aromatic nitrogens is 2. The van der Waals surface area contributed by atoms with Crippen molar-refractivity contribution in [2.24, 2.45) is 0 Å². The Balaban J connectivity index is 1.90. The Morgan fingerprint density at radius 2 is 1.90 bits per heavy atom. The van der Waals surface area contributed by atoms with Gasteiger partial charge in [0.15, 0.2) is 0 Å². The van der Waals surface area contributed by atoms with Crippen LogP contribution in [-0.2, 0) is 6.18 Å². The molecule has 0 bridgehead atoms. The molecule has 21 heavy (non-hydrogen) atoms. The second kappa shape index (κ2) is 5.09. The highest BCUT2D eigenvalue weighted by molar-refractivity contribution is 5.69. The van der Waals surface area contributed by atoms with E-state index in [1.165, 1.54) is 18.9 Å². The van der Waals surface area contributed by atoms with Crippen molar-refractivity contribution in [2.45, 2.75) is 37.9 Å². The van der Waals surface area contributed by atoms with E-state index < -0.39 is 11.7 Å². The Bertz CT molecular complexity index is 643. The molecule has 2 aromatic rings. The number of nitrogens with zero attached hydrogens (tertiary/aromatic N) is 2. The zero-order valence-corrected chi connectivity index (χ0v) is 11.3. The summed E-state index contributed by atoms with van der Waals surface area (Å²) in [5, 5.41) is 14.1. The lowest BCUT2D eigenvalue weighted by Gasteiger charge is -2.10. The van der Waals surface area contributed by atoms with Crippen LogP contribution in [0.2, 0.25) is 0 Å². The summed E-state index contributed by atoms with van der Waals surface area (Å²) in [6.07, 6.45) is 3.40. The predicted octanol–water partition coefficient (Wildman–Crippen LogP) is 4.39. The molecular formula is C15H15F3N2O. The molecule has 0 spiro atoms. The van der Waals surface area contributed by atoms with Gasteiger partial charge < -0.3 is 5.11 Å². The van der Waals surface area contributed by atoms with Crippen molar-refractivity contribution in [3.05, 3.63) is 36.2 Å². The minimum Gasteiger partial charge on any atom is -0.507 e. The number of alkyl halides is 3. The van der Waals surface area contributed by atoms with Crippen molar-refractivity contribution in [2.75, 3.05) is 0 Å². The maximum atomic E-state index is 12.6. The van der Waals surface area contributed by atoms with Crippen LogP contribution in [0.5, 0.6) is 5.75 Å². The first kappa shape index (κ1) is 14.0. The van der Waals surface area contributed by atoms with E-state index in [0.717, 1.165) is 25.0 Å². The topological polar surface area (TPSA) is 38.1 Å². The van der Waals surface area contributed by atoms with Crippen molar-refractivity contribution in [1.82, 2.24) is 9.78 Å². The van der Waals surface area contributed by atoms with Gasteiger partial charge in [0.2, 0.25) is 0 Å². The predicted molar refractivity (Wildman–Crippen MR) is 71.8 cm³/mol. The van der Waals surface area contributed by atoms with Crippen LogP contribution in [0.4, 0.5) is 13.2 Å². The largest absolute Gasteiger partial charge is 0.507 e. The van der Waals surface area contributed by atoms with Gasteiger partial charge in [-0.3, -0.25) is 4.68 Å². The average Bonchev–Trinajstić information content (AvgIpc) is 3.08. The molecule has 1 aromatic carbocycles. The molecule has 1 aromatic heterocycles. The van der Waals surface area contributed by atoms with Crippen molar-refractivity contribution < 1.29 is 18.3 Å². The van der Waals surface area contributed by atoms with Gasteiger partial charge in [0.25, 0.3) is 0 Å². The van der Waals surface area contributed by atoms with Gasteiger partial charge in [-0.2, -0.15) is 18.3 Å². The van der Waals surface area contributed by atoms with Gasteiger partial charge in [-0.05, 0) is 31.0 Å². The summed E-state index contributed by atoms with van der Waals surface area (Å²) in [5.41, 5.74) is 0.146. The Hall–Kier alpha value is -1.98. The number of aromatic hydroxyl groups is 1. The van der Waals surface area contributed by atoms with Gasteiger partial charge in [0, 0.05) is 17.3 Å². The Kier molecular flexibility index (Phi) is 3.39. The lowest BCUT2D eigenvalue weighted by atomic mass is 10.1. The van der Waals surface area contributed by atoms with Gasteiger partial charge in [-0.15, -0.1) is 0 Å². The first-order chi connectivity index (χ1) is 9.95. The highest BCUT2D eigenvalue weighted by Crippen LogP contribution is 2.37. The average molecular weight is 296 g/mol. The molecule has 3 nitrogen and oxygen atoms in total. The number of benzene rings is 1. The van der Waals surface area contributed by atoms with Crippen LogP contribution in [0.15, 0.2) is 30.6 Å². The molecule has 6 heteroatoms. The van der Waals surface area contributed by atoms with Gasteiger partial charge in [0.1, 0.15) is 5.75 Å². The van der Waals surface area contributed by atoms with Crippen LogP contribution in [0, 0.1) is 0 Å². The molecule has 1 N–H and O–H groups in total. The zero-order chi connectivity index (χ0) is 15.0. The summed E-state index contributed by atoms with van der Waals surface area (Å²) in [6.45, 7) is 0. The van der Waals surface area contributed by atoms with E-state index in [9.17, 15) is 18.3 Å². The summed E-state index contributed by atoms with van der Waals surface area (Å²) in [6, 6.07) is 3.37. The van der Waals surface area contributed by atoms with Crippen LogP contribution in [0.3, 0.4) is 0 Å². The van der Waals surface area contributed by atoms with Gasteiger partial charge >= 0.3 is 6.18 Å². The molecule has 1 saturated carbocycles. The fourth-order valence-corrected chi connectivity index (χ4v) is 2.80. The van der Waals surface area contributed by atoms with Crippen molar-refractivity contribution in [3.63, 3.8) is 0 Å². The monoisotopic (exact) mass is 296 g/mol. The molecule has 1 heterocycles. The van der Waals surface area contributed by atoms with Gasteiger partial charge in [-0.25, -0.2) is 0 Å². The maximum absolute atomic E-state index is 12.6. The summed E-state index contributed by atoms with van der Waals surface area (Å²) in [7, 11) is 0. The summed E-state index contributed by atoms with van der Waals surface area (Å²) in [4.78, 5) is 0. The maximum Gasteiger partial charge on any atom is 0.416 e. The van der Waals surface area contributed by atoms with Gasteiger partial charge in [0.05, 0.1) is 17.8 Å². The first-order valence-electron chi connectivity index (χ1n) is 6.90. The van der Waals surface area contributed by atoms with Crippen LogP contribution >= 0.6 is 0 Å². The third-order valence-corrected chi connectivity index (χ3v) is 3.94. The van der Waals surface area contributed by atoms with E-state index in [1.807, 2.05) is 4.68 Å². The molecule has 0 atom stereocenters. The van der Waals surface area contributed by atoms with Crippen LogP contribution < -0.4 is 0 Å². The molecule has 112 valence electrons. The molecule has 0 radical (unpaired) electrons. The molecule has 0 unspecified atom stereocenters. The van der Waals surface area contributed by atoms with E-state index in [2.05, 4.69) is 5.10 Å². The highest BCUT2D eigenvalue weighted by Gasteiger charge is 2.31. The number of phenols is 1. The molecule has 1 aliphatic rings. The van der Waals surface area contributed by atoms with Crippen LogP contribution in [0.25, 0.3) is 11.1 Å². The molecule has 0 saturated heterocycles. The summed E-state index contributed by atoms with van der Waals surface area (Å²) >= 11 is 0. The van der Waals surface area contributed by atoms with E-state index in [0.29, 0.717) is 17.2 Å². The molecule has 0 amide bonds. The van der Waals surface area contributed by atoms with E-state index >= 15 is 0 Å². The zero-order valence-electron chi connectivity index (χ0n) is 11.3. The Morgan fingerprint density at radius 1 is 1.19 bits per heavy atom. The molecule has 1 aliphatic carbocycles. The fraction of sp³-hybridized carbons (Fsp3) is 0.400. The standard InChI is InChI=1S/C15H15F3N2O/c16-15(17,18)11-5-6-13(14(21)7-11)10-8-19-20(9-10)12-3-1-2-4-12/h5-9,12,21H,1-4H2. The minimum absolute atomic E-state index is 0.357. The number of phenolic OH excluding ortho intramolecular Hbond substituents is 1. The van der Waals surface area contributed by atoms with Gasteiger partial charge in [-0.1, -0.05) is 12.8 Å². The Morgan fingerprint density at radius 3 is 2.52 bits per heavy atom. The van der Waals surface area contributed by atoms with E-state index in [4.69, 9.17) is 0 Å². The molecule has 1 fully saturated rings. The molecule has 3 rings (SSSR count). The fourth-order valence-electron chi connectivity index (χ4n) is 2.80. The summed E-state index contributed by atoms with van der Waals surface area (Å²) in [5.74, 6) is -0.379. The van der Waals surface area contributed by atoms with E-state index in [1.54, 1.807) is 12.4 Å². The number of hydrogen-bond acceptors (Lipinski definition) is 2. The van der Waals surface area contributed by atoms with Crippen molar-refractivity contribution in [1.29, 1.82) is 0 Å². The number of rotatable bonds is 2. The van der Waals surface area contributed by atoms with Crippen molar-refractivity contribution >= 4 is 0 Å². The quantitative estimate of drug-likeness (QED) is 0.892. The number of hydrogen-bond donors (Lipinski definition) is 1. The lowest BCUT2D eigenvalue weighted by molar-refractivity contribution is -0.137. The third-order valence-electron chi connectivity index (χ3n) is 3.94. The molecular weight excluding hydrogens is 281 g/mol. The van der Waals surface area contributed by atoms with Crippen LogP contribution in [-0.4, -0.2) is 14.9 Å². The second-order valence-corrected chi connectivity index (χ2v) is 5.38. The smallest absolute Gasteiger partial charge is 0.416 e. The summed E-state index contributed by atoms with van der Waals surface area (Å²) < 4.78 is 39.6. The van der Waals surface area contributed by atoms with Crippen LogP contribution in [0.1, 0.15) is 37.3 Å².